The highest BCUT2D eigenvalue weighted by atomic mass is 79.9. The monoisotopic (exact) mass is 246 g/mol. The molecule has 1 aromatic rings. The molecule has 0 heterocycles. The van der Waals surface area contributed by atoms with E-state index in [1.165, 1.54) is 12.1 Å². The molecule has 0 saturated carbocycles. The second-order valence-corrected chi connectivity index (χ2v) is 3.21. The van der Waals surface area contributed by atoms with Crippen molar-refractivity contribution in [2.75, 3.05) is 6.61 Å². The lowest BCUT2D eigenvalue weighted by Crippen LogP contribution is -1.96. The van der Waals surface area contributed by atoms with Crippen LogP contribution in [0.1, 0.15) is 17.3 Å². The van der Waals surface area contributed by atoms with Gasteiger partial charge in [0.1, 0.15) is 11.6 Å². The first kappa shape index (κ1) is 10.2. The Labute approximate surface area is 83.8 Å². The highest BCUT2D eigenvalue weighted by Gasteiger charge is 2.07. The summed E-state index contributed by atoms with van der Waals surface area (Å²) < 4.78 is 18.6. The molecule has 0 radical (unpaired) electrons. The molecule has 0 unspecified atom stereocenters. The summed E-state index contributed by atoms with van der Waals surface area (Å²) in [5.74, 6) is -0.0728. The summed E-state index contributed by atoms with van der Waals surface area (Å²) in [5, 5.41) is 0. The molecular weight excluding hydrogens is 239 g/mol. The van der Waals surface area contributed by atoms with Crippen molar-refractivity contribution in [3.05, 3.63) is 28.0 Å². The first-order valence-electron chi connectivity index (χ1n) is 3.76. The molecule has 0 aliphatic heterocycles. The fourth-order valence-corrected chi connectivity index (χ4v) is 1.33. The van der Waals surface area contributed by atoms with Gasteiger partial charge in [-0.25, -0.2) is 4.39 Å². The van der Waals surface area contributed by atoms with Gasteiger partial charge in [0.2, 0.25) is 0 Å². The molecule has 1 rings (SSSR count). The van der Waals surface area contributed by atoms with Gasteiger partial charge >= 0.3 is 0 Å². The lowest BCUT2D eigenvalue weighted by molar-refractivity contribution is 0.111. The normalized spacial score (nSPS) is 9.77. The van der Waals surface area contributed by atoms with E-state index in [1.54, 1.807) is 0 Å². The van der Waals surface area contributed by atoms with Gasteiger partial charge in [0.25, 0.3) is 0 Å². The van der Waals surface area contributed by atoms with Gasteiger partial charge in [-0.15, -0.1) is 0 Å². The van der Waals surface area contributed by atoms with E-state index >= 15 is 0 Å². The van der Waals surface area contributed by atoms with Crippen LogP contribution in [-0.4, -0.2) is 12.9 Å². The highest BCUT2D eigenvalue weighted by Crippen LogP contribution is 2.27. The van der Waals surface area contributed by atoms with Crippen LogP contribution in [0.4, 0.5) is 4.39 Å². The molecule has 1 aromatic carbocycles. The van der Waals surface area contributed by atoms with E-state index in [0.717, 1.165) is 0 Å². The largest absolute Gasteiger partial charge is 0.493 e. The molecule has 0 aliphatic carbocycles. The Kier molecular flexibility index (Phi) is 3.42. The minimum absolute atomic E-state index is 0.00616. The smallest absolute Gasteiger partial charge is 0.153 e. The predicted octanol–water partition coefficient (Wildman–Crippen LogP) is 2.80. The average molecular weight is 247 g/mol. The fraction of sp³-hybridized carbons (Fsp3) is 0.222. The summed E-state index contributed by atoms with van der Waals surface area (Å²) in [5.41, 5.74) is 0.00616. The molecule has 4 heteroatoms. The molecule has 0 aliphatic rings. The Balaban J connectivity index is 3.14. The summed E-state index contributed by atoms with van der Waals surface area (Å²) in [7, 11) is 0. The van der Waals surface area contributed by atoms with Crippen LogP contribution >= 0.6 is 15.9 Å². The van der Waals surface area contributed by atoms with Gasteiger partial charge in [0.15, 0.2) is 6.29 Å². The maximum atomic E-state index is 13.0. The first-order valence-corrected chi connectivity index (χ1v) is 4.55. The van der Waals surface area contributed by atoms with Crippen LogP contribution < -0.4 is 4.74 Å². The molecule has 2 nitrogen and oxygen atoms in total. The predicted molar refractivity (Wildman–Crippen MR) is 50.7 cm³/mol. The van der Waals surface area contributed by atoms with E-state index in [4.69, 9.17) is 4.74 Å². The van der Waals surface area contributed by atoms with E-state index in [9.17, 15) is 9.18 Å². The number of carbonyl (C=O) groups is 1. The zero-order valence-corrected chi connectivity index (χ0v) is 8.60. The van der Waals surface area contributed by atoms with Crippen molar-refractivity contribution in [3.63, 3.8) is 0 Å². The summed E-state index contributed by atoms with van der Waals surface area (Å²) in [6, 6.07) is 2.59. The quantitative estimate of drug-likeness (QED) is 0.767. The van der Waals surface area contributed by atoms with Crippen LogP contribution in [-0.2, 0) is 0 Å². The molecule has 0 amide bonds. The Morgan fingerprint density at radius 1 is 1.62 bits per heavy atom. The van der Waals surface area contributed by atoms with E-state index in [-0.39, 0.29) is 5.56 Å². The summed E-state index contributed by atoms with van der Waals surface area (Å²) >= 11 is 3.13. The van der Waals surface area contributed by atoms with Gasteiger partial charge in [-0.2, -0.15) is 0 Å². The van der Waals surface area contributed by atoms with Crippen LogP contribution in [0.2, 0.25) is 0 Å². The number of carbonyl (C=O) groups excluding carboxylic acids is 1. The summed E-state index contributed by atoms with van der Waals surface area (Å²) in [6.45, 7) is 2.29. The summed E-state index contributed by atoms with van der Waals surface area (Å²) in [6.07, 6.45) is 0.463. The third-order valence-corrected chi connectivity index (χ3v) is 2.10. The van der Waals surface area contributed by atoms with Crippen molar-refractivity contribution in [1.82, 2.24) is 0 Å². The maximum Gasteiger partial charge on any atom is 0.153 e. The zero-order valence-electron chi connectivity index (χ0n) is 7.01. The third-order valence-electron chi connectivity index (χ3n) is 1.48. The number of hydrogen-bond donors (Lipinski definition) is 0. The fourth-order valence-electron chi connectivity index (χ4n) is 0.901. The van der Waals surface area contributed by atoms with Gasteiger partial charge in [-0.3, -0.25) is 4.79 Å². The van der Waals surface area contributed by atoms with E-state index in [1.807, 2.05) is 6.92 Å². The molecule has 0 saturated heterocycles. The molecular formula is C9H8BrFO2. The number of halogens is 2. The van der Waals surface area contributed by atoms with E-state index in [0.29, 0.717) is 23.1 Å². The first-order chi connectivity index (χ1) is 6.19. The minimum Gasteiger partial charge on any atom is -0.493 e. The van der Waals surface area contributed by atoms with Crippen molar-refractivity contribution in [3.8, 4) is 5.75 Å². The van der Waals surface area contributed by atoms with Crippen LogP contribution in [0.25, 0.3) is 0 Å². The third kappa shape index (κ3) is 2.28. The Morgan fingerprint density at radius 3 is 2.85 bits per heavy atom. The van der Waals surface area contributed by atoms with Crippen LogP contribution in [0.3, 0.4) is 0 Å². The highest BCUT2D eigenvalue weighted by molar-refractivity contribution is 9.10. The average Bonchev–Trinajstić information content (AvgIpc) is 2.10. The Morgan fingerprint density at radius 2 is 2.31 bits per heavy atom. The zero-order chi connectivity index (χ0) is 9.84. The van der Waals surface area contributed by atoms with Crippen molar-refractivity contribution < 1.29 is 13.9 Å². The van der Waals surface area contributed by atoms with Gasteiger partial charge in [-0.1, -0.05) is 0 Å². The van der Waals surface area contributed by atoms with Gasteiger partial charge in [0, 0.05) is 0 Å². The molecule has 70 valence electrons. The second kappa shape index (κ2) is 4.37. The van der Waals surface area contributed by atoms with Crippen molar-refractivity contribution >= 4 is 22.2 Å². The summed E-state index contributed by atoms with van der Waals surface area (Å²) in [4.78, 5) is 10.4. The molecule has 0 atom stereocenters. The minimum atomic E-state index is -0.551. The van der Waals surface area contributed by atoms with Crippen LogP contribution in [0.5, 0.6) is 5.75 Å². The molecule has 0 spiro atoms. The topological polar surface area (TPSA) is 26.3 Å². The van der Waals surface area contributed by atoms with Crippen LogP contribution in [0, 0.1) is 5.82 Å². The maximum absolute atomic E-state index is 13.0. The van der Waals surface area contributed by atoms with Crippen LogP contribution in [0.15, 0.2) is 16.6 Å². The number of benzene rings is 1. The number of aldehydes is 1. The van der Waals surface area contributed by atoms with Crippen molar-refractivity contribution in [2.45, 2.75) is 6.92 Å². The number of ether oxygens (including phenoxy) is 1. The second-order valence-electron chi connectivity index (χ2n) is 2.36. The van der Waals surface area contributed by atoms with Gasteiger partial charge in [0.05, 0.1) is 16.6 Å². The lowest BCUT2D eigenvalue weighted by atomic mass is 10.2. The van der Waals surface area contributed by atoms with Crippen molar-refractivity contribution in [2.24, 2.45) is 0 Å². The van der Waals surface area contributed by atoms with Gasteiger partial charge in [-0.05, 0) is 35.0 Å². The lowest BCUT2D eigenvalue weighted by Gasteiger charge is -2.06. The molecule has 0 N–H and O–H groups in total. The molecule has 0 fully saturated rings. The Bertz CT molecular complexity index is 326. The molecule has 13 heavy (non-hydrogen) atoms. The SMILES string of the molecule is CCOc1cc(C=O)c(F)cc1Br. The van der Waals surface area contributed by atoms with Gasteiger partial charge < -0.3 is 4.74 Å². The number of rotatable bonds is 3. The standard InChI is InChI=1S/C9H8BrFO2/c1-2-13-9-3-6(5-12)8(11)4-7(9)10/h3-5H,2H2,1H3. The molecule has 0 aromatic heterocycles. The number of hydrogen-bond acceptors (Lipinski definition) is 2. The van der Waals surface area contributed by atoms with Crippen molar-refractivity contribution in [1.29, 1.82) is 0 Å². The molecule has 0 bridgehead atoms. The Hall–Kier alpha value is -0.900. The van der Waals surface area contributed by atoms with E-state index < -0.39 is 5.82 Å². The van der Waals surface area contributed by atoms with E-state index in [2.05, 4.69) is 15.9 Å².